The highest BCUT2D eigenvalue weighted by Gasteiger charge is 2.12. The van der Waals surface area contributed by atoms with E-state index in [-0.39, 0.29) is 5.78 Å². The second kappa shape index (κ2) is 6.78. The summed E-state index contributed by atoms with van der Waals surface area (Å²) in [6.07, 6.45) is 4.79. The number of carbonyl (C=O) groups is 1. The van der Waals surface area contributed by atoms with E-state index in [0.29, 0.717) is 5.56 Å². The first-order valence-electron chi connectivity index (χ1n) is 8.37. The van der Waals surface area contributed by atoms with Crippen molar-refractivity contribution in [3.05, 3.63) is 77.1 Å². The Bertz CT molecular complexity index is 990. The number of ketones is 1. The van der Waals surface area contributed by atoms with Crippen molar-refractivity contribution < 1.29 is 4.79 Å². The molecule has 2 aromatic carbocycles. The molecule has 0 aliphatic rings. The van der Waals surface area contributed by atoms with Gasteiger partial charge in [0.1, 0.15) is 6.07 Å². The van der Waals surface area contributed by atoms with Crippen LogP contribution in [0.1, 0.15) is 40.9 Å². The highest BCUT2D eigenvalue weighted by Crippen LogP contribution is 2.27. The molecule has 3 heteroatoms. The van der Waals surface area contributed by atoms with Gasteiger partial charge in [0.05, 0.1) is 5.56 Å². The second-order valence-electron chi connectivity index (χ2n) is 6.21. The summed E-state index contributed by atoms with van der Waals surface area (Å²) in [7, 11) is 0. The summed E-state index contributed by atoms with van der Waals surface area (Å²) < 4.78 is 1.95. The average Bonchev–Trinajstić information content (AvgIpc) is 3.05. The summed E-state index contributed by atoms with van der Waals surface area (Å²) in [4.78, 5) is 11.6. The van der Waals surface area contributed by atoms with Crippen molar-refractivity contribution in [1.29, 1.82) is 5.26 Å². The van der Waals surface area contributed by atoms with Crippen LogP contribution in [0, 0.1) is 18.3 Å². The van der Waals surface area contributed by atoms with Gasteiger partial charge in [-0.25, -0.2) is 0 Å². The Morgan fingerprint density at radius 2 is 1.96 bits per heavy atom. The van der Waals surface area contributed by atoms with Gasteiger partial charge < -0.3 is 4.57 Å². The lowest BCUT2D eigenvalue weighted by molar-refractivity contribution is 0.101. The van der Waals surface area contributed by atoms with Gasteiger partial charge in [-0.2, -0.15) is 5.26 Å². The van der Waals surface area contributed by atoms with E-state index >= 15 is 0 Å². The van der Waals surface area contributed by atoms with Gasteiger partial charge in [0.25, 0.3) is 0 Å². The van der Waals surface area contributed by atoms with Crippen LogP contribution in [0.5, 0.6) is 0 Å². The average molecular weight is 328 g/mol. The first kappa shape index (κ1) is 16.7. The van der Waals surface area contributed by atoms with E-state index in [9.17, 15) is 10.1 Å². The number of benzene rings is 2. The summed E-state index contributed by atoms with van der Waals surface area (Å²) in [5, 5.41) is 9.53. The van der Waals surface area contributed by atoms with Crippen LogP contribution in [0.2, 0.25) is 0 Å². The molecule has 0 fully saturated rings. The summed E-state index contributed by atoms with van der Waals surface area (Å²) in [5.74, 6) is 0.0614. The fraction of sp³-hybridized carbons (Fsp3) is 0.182. The zero-order valence-electron chi connectivity index (χ0n) is 14.7. The van der Waals surface area contributed by atoms with Crippen molar-refractivity contribution in [3.63, 3.8) is 0 Å². The predicted molar refractivity (Wildman–Crippen MR) is 100 cm³/mol. The van der Waals surface area contributed by atoms with Crippen molar-refractivity contribution in [3.8, 4) is 22.9 Å². The molecule has 3 nitrogen and oxygen atoms in total. The third-order valence-corrected chi connectivity index (χ3v) is 4.48. The molecule has 25 heavy (non-hydrogen) atoms. The zero-order chi connectivity index (χ0) is 18.0. The molecule has 0 unspecified atom stereocenters. The molecule has 0 saturated heterocycles. The minimum absolute atomic E-state index is 0.0614. The van der Waals surface area contributed by atoms with Gasteiger partial charge in [0, 0.05) is 29.2 Å². The maximum Gasteiger partial charge on any atom is 0.160 e. The van der Waals surface area contributed by atoms with Crippen LogP contribution in [-0.4, -0.2) is 10.4 Å². The quantitative estimate of drug-likeness (QED) is 0.626. The molecule has 0 amide bonds. The number of aromatic nitrogens is 1. The molecule has 1 aromatic heterocycles. The fourth-order valence-electron chi connectivity index (χ4n) is 3.08. The number of hydrogen-bond acceptors (Lipinski definition) is 2. The van der Waals surface area contributed by atoms with Gasteiger partial charge in [-0.15, -0.1) is 0 Å². The number of aryl methyl sites for hydroxylation is 2. The summed E-state index contributed by atoms with van der Waals surface area (Å²) in [6, 6.07) is 16.3. The van der Waals surface area contributed by atoms with Crippen molar-refractivity contribution in [2.24, 2.45) is 0 Å². The normalized spacial score (nSPS) is 10.5. The minimum atomic E-state index is 0.0614. The van der Waals surface area contributed by atoms with Crippen molar-refractivity contribution >= 4 is 5.78 Å². The van der Waals surface area contributed by atoms with Crippen LogP contribution in [0.3, 0.4) is 0 Å². The number of rotatable bonds is 4. The molecule has 0 aliphatic carbocycles. The molecular formula is C22H20N2O. The number of Topliss-reactive ketones (excluding diaryl/α,β-unsaturated/α-hetero) is 1. The number of hydrogen-bond donors (Lipinski definition) is 0. The lowest BCUT2D eigenvalue weighted by atomic mass is 10.0. The van der Waals surface area contributed by atoms with Crippen LogP contribution >= 0.6 is 0 Å². The smallest absolute Gasteiger partial charge is 0.160 e. The number of nitrogens with zero attached hydrogens (tertiary/aromatic N) is 2. The van der Waals surface area contributed by atoms with E-state index in [2.05, 4.69) is 25.1 Å². The van der Waals surface area contributed by atoms with E-state index in [1.165, 1.54) is 5.56 Å². The lowest BCUT2D eigenvalue weighted by Crippen LogP contribution is -1.98. The van der Waals surface area contributed by atoms with Gasteiger partial charge in [0.2, 0.25) is 0 Å². The molecule has 0 bridgehead atoms. The third-order valence-electron chi connectivity index (χ3n) is 4.48. The first-order valence-corrected chi connectivity index (χ1v) is 8.37. The molecule has 0 atom stereocenters. The Kier molecular flexibility index (Phi) is 4.54. The monoisotopic (exact) mass is 328 g/mol. The first-order chi connectivity index (χ1) is 12.0. The molecule has 0 spiro atoms. The Labute approximate surface area is 148 Å². The van der Waals surface area contributed by atoms with Gasteiger partial charge in [-0.3, -0.25) is 4.79 Å². The topological polar surface area (TPSA) is 45.8 Å². The second-order valence-corrected chi connectivity index (χ2v) is 6.21. The van der Waals surface area contributed by atoms with E-state index in [1.807, 2.05) is 54.2 Å². The molecular weight excluding hydrogens is 308 g/mol. The largest absolute Gasteiger partial charge is 0.322 e. The summed E-state index contributed by atoms with van der Waals surface area (Å²) in [5.41, 5.74) is 6.46. The predicted octanol–water partition coefficient (Wildman–Crippen LogP) is 5.09. The minimum Gasteiger partial charge on any atom is -0.322 e. The summed E-state index contributed by atoms with van der Waals surface area (Å²) >= 11 is 0. The Balaban J connectivity index is 2.08. The van der Waals surface area contributed by atoms with E-state index in [4.69, 9.17) is 0 Å². The van der Waals surface area contributed by atoms with E-state index in [0.717, 1.165) is 34.4 Å². The van der Waals surface area contributed by atoms with Crippen LogP contribution in [-0.2, 0) is 6.42 Å². The number of nitriles is 1. The van der Waals surface area contributed by atoms with E-state index < -0.39 is 0 Å². The molecule has 3 rings (SSSR count). The van der Waals surface area contributed by atoms with Crippen LogP contribution in [0.4, 0.5) is 0 Å². The Morgan fingerprint density at radius 3 is 2.60 bits per heavy atom. The molecule has 0 N–H and O–H groups in total. The van der Waals surface area contributed by atoms with Crippen LogP contribution in [0.25, 0.3) is 16.8 Å². The van der Waals surface area contributed by atoms with Crippen molar-refractivity contribution in [2.75, 3.05) is 0 Å². The van der Waals surface area contributed by atoms with Crippen LogP contribution < -0.4 is 0 Å². The highest BCUT2D eigenvalue weighted by molar-refractivity contribution is 5.95. The zero-order valence-corrected chi connectivity index (χ0v) is 14.7. The van der Waals surface area contributed by atoms with Gasteiger partial charge in [-0.05, 0) is 55.2 Å². The maximum atomic E-state index is 11.6. The van der Waals surface area contributed by atoms with Crippen molar-refractivity contribution in [2.45, 2.75) is 27.2 Å². The fourth-order valence-corrected chi connectivity index (χ4v) is 3.08. The van der Waals surface area contributed by atoms with Crippen molar-refractivity contribution in [1.82, 2.24) is 4.57 Å². The standard InChI is InChI=1S/C22H20N2O/c1-4-17-6-5-7-18(11-17)22-14-24(13-19(22)12-23)20-8-9-21(16(3)25)15(2)10-20/h5-11,13-14H,4H2,1-3H3. The molecule has 124 valence electrons. The summed E-state index contributed by atoms with van der Waals surface area (Å²) in [6.45, 7) is 5.62. The van der Waals surface area contributed by atoms with Crippen LogP contribution in [0.15, 0.2) is 54.9 Å². The molecule has 0 radical (unpaired) electrons. The SMILES string of the molecule is CCc1cccc(-c2cn(-c3ccc(C(C)=O)c(C)c3)cc2C#N)c1. The Hall–Kier alpha value is -3.12. The lowest BCUT2D eigenvalue weighted by Gasteiger charge is -2.07. The molecule has 1 heterocycles. The molecule has 0 saturated carbocycles. The van der Waals surface area contributed by atoms with Gasteiger partial charge in [0.15, 0.2) is 5.78 Å². The highest BCUT2D eigenvalue weighted by atomic mass is 16.1. The van der Waals surface area contributed by atoms with Gasteiger partial charge in [-0.1, -0.05) is 31.2 Å². The number of carbonyl (C=O) groups excluding carboxylic acids is 1. The maximum absolute atomic E-state index is 11.6. The third kappa shape index (κ3) is 3.25. The Morgan fingerprint density at radius 1 is 1.16 bits per heavy atom. The van der Waals surface area contributed by atoms with Gasteiger partial charge >= 0.3 is 0 Å². The molecule has 3 aromatic rings. The molecule has 0 aliphatic heterocycles. The van der Waals surface area contributed by atoms with E-state index in [1.54, 1.807) is 6.92 Å².